The number of hydrogen-bond acceptors (Lipinski definition) is 0. The number of rotatable bonds is 11. The molecular weight excluding hydrogens is 432 g/mol. The summed E-state index contributed by atoms with van der Waals surface area (Å²) >= 11 is 0. The van der Waals surface area contributed by atoms with Crippen molar-refractivity contribution < 1.29 is 0 Å². The van der Waals surface area contributed by atoms with Crippen LogP contribution in [-0.2, 0) is 0 Å². The van der Waals surface area contributed by atoms with Crippen molar-refractivity contribution in [3.05, 3.63) is 36.5 Å². The molecule has 4 aliphatic carbocycles. The Hall–Kier alpha value is -0.780. The third-order valence-corrected chi connectivity index (χ3v) is 10.9. The molecule has 0 aromatic heterocycles. The summed E-state index contributed by atoms with van der Waals surface area (Å²) in [6, 6.07) is 0. The maximum Gasteiger partial charge on any atom is -0.00529 e. The first-order valence-electron chi connectivity index (χ1n) is 16.8. The highest BCUT2D eigenvalue weighted by molar-refractivity contribution is 5.12. The Kier molecular flexibility index (Phi) is 12.2. The standard InChI is InChI=1S/C36H60/c1-3-5-6-8-30-21-25-35(26-22-30)36-27-23-34(24-28-36)20-19-33-17-15-32(16-18-33)14-13-31-11-9-29(7-4-2)10-12-31/h13-15,17,19-20,29-36H,3-12,16,18,21-28H2,1-2H3/b14-13+,20-19+. The smallest absolute Gasteiger partial charge is 0.00529 e. The van der Waals surface area contributed by atoms with E-state index in [0.717, 1.165) is 35.5 Å². The van der Waals surface area contributed by atoms with Crippen molar-refractivity contribution >= 4 is 0 Å². The molecule has 204 valence electrons. The second-order valence-corrected chi connectivity index (χ2v) is 13.6. The van der Waals surface area contributed by atoms with Crippen LogP contribution in [0.1, 0.15) is 142 Å². The zero-order valence-corrected chi connectivity index (χ0v) is 24.2. The zero-order chi connectivity index (χ0) is 25.0. The number of hydrogen-bond donors (Lipinski definition) is 0. The highest BCUT2D eigenvalue weighted by atomic mass is 14.4. The Morgan fingerprint density at radius 2 is 0.944 bits per heavy atom. The molecule has 0 radical (unpaired) electrons. The van der Waals surface area contributed by atoms with Gasteiger partial charge in [-0.3, -0.25) is 0 Å². The van der Waals surface area contributed by atoms with Gasteiger partial charge in [-0.1, -0.05) is 102 Å². The molecule has 0 saturated heterocycles. The molecule has 0 heteroatoms. The number of allylic oxidation sites excluding steroid dienone is 6. The quantitative estimate of drug-likeness (QED) is 0.199. The molecule has 0 aromatic carbocycles. The molecule has 2 atom stereocenters. The van der Waals surface area contributed by atoms with Crippen molar-refractivity contribution in [2.24, 2.45) is 47.3 Å². The Balaban J connectivity index is 1.10. The van der Waals surface area contributed by atoms with E-state index in [1.54, 1.807) is 25.7 Å². The Bertz CT molecular complexity index is 658. The van der Waals surface area contributed by atoms with Crippen molar-refractivity contribution in [2.75, 3.05) is 0 Å². The minimum Gasteiger partial charge on any atom is -0.0848 e. The summed E-state index contributed by atoms with van der Waals surface area (Å²) in [5, 5.41) is 0. The fourth-order valence-electron chi connectivity index (χ4n) is 8.30. The predicted octanol–water partition coefficient (Wildman–Crippen LogP) is 11.5. The SMILES string of the molecule is CCCCCC1CCC(C2CCC(/C=C/C3C=CC(/C=C/C4CCC(CCC)CC4)CC3)CC2)CC1. The summed E-state index contributed by atoms with van der Waals surface area (Å²) in [5.74, 6) is 7.32. The van der Waals surface area contributed by atoms with Crippen LogP contribution >= 0.6 is 0 Å². The van der Waals surface area contributed by atoms with Crippen molar-refractivity contribution in [1.29, 1.82) is 0 Å². The summed E-state index contributed by atoms with van der Waals surface area (Å²) in [7, 11) is 0. The van der Waals surface area contributed by atoms with E-state index in [1.165, 1.54) is 103 Å². The largest absolute Gasteiger partial charge is 0.0848 e. The predicted molar refractivity (Wildman–Crippen MR) is 159 cm³/mol. The molecule has 3 fully saturated rings. The van der Waals surface area contributed by atoms with Crippen LogP contribution in [0.3, 0.4) is 0 Å². The Labute approximate surface area is 225 Å². The van der Waals surface area contributed by atoms with Gasteiger partial charge in [-0.15, -0.1) is 0 Å². The third kappa shape index (κ3) is 9.20. The van der Waals surface area contributed by atoms with Crippen LogP contribution in [0.4, 0.5) is 0 Å². The second-order valence-electron chi connectivity index (χ2n) is 13.6. The minimum absolute atomic E-state index is 0.694. The average Bonchev–Trinajstić information content (AvgIpc) is 2.93. The van der Waals surface area contributed by atoms with Crippen molar-refractivity contribution in [2.45, 2.75) is 142 Å². The lowest BCUT2D eigenvalue weighted by atomic mass is 9.68. The van der Waals surface area contributed by atoms with Crippen molar-refractivity contribution in [3.8, 4) is 0 Å². The third-order valence-electron chi connectivity index (χ3n) is 10.9. The summed E-state index contributed by atoms with van der Waals surface area (Å²) in [5.41, 5.74) is 0. The lowest BCUT2D eigenvalue weighted by Crippen LogP contribution is -2.25. The van der Waals surface area contributed by atoms with E-state index in [1.807, 2.05) is 0 Å². The summed E-state index contributed by atoms with van der Waals surface area (Å²) < 4.78 is 0. The van der Waals surface area contributed by atoms with Gasteiger partial charge in [0.25, 0.3) is 0 Å². The lowest BCUT2D eigenvalue weighted by molar-refractivity contribution is 0.151. The molecule has 36 heavy (non-hydrogen) atoms. The van der Waals surface area contributed by atoms with Crippen LogP contribution in [0.25, 0.3) is 0 Å². The van der Waals surface area contributed by atoms with E-state index in [0.29, 0.717) is 11.8 Å². The second kappa shape index (κ2) is 15.6. The number of unbranched alkanes of at least 4 members (excludes halogenated alkanes) is 2. The Morgan fingerprint density at radius 1 is 0.472 bits per heavy atom. The molecular formula is C36H60. The van der Waals surface area contributed by atoms with Crippen molar-refractivity contribution in [1.82, 2.24) is 0 Å². The van der Waals surface area contributed by atoms with Gasteiger partial charge in [0.15, 0.2) is 0 Å². The van der Waals surface area contributed by atoms with E-state index in [-0.39, 0.29) is 0 Å². The van der Waals surface area contributed by atoms with Gasteiger partial charge in [0.2, 0.25) is 0 Å². The van der Waals surface area contributed by atoms with Crippen molar-refractivity contribution in [3.63, 3.8) is 0 Å². The minimum atomic E-state index is 0.694. The molecule has 0 nitrogen and oxygen atoms in total. The monoisotopic (exact) mass is 492 g/mol. The van der Waals surface area contributed by atoms with E-state index >= 15 is 0 Å². The van der Waals surface area contributed by atoms with Gasteiger partial charge in [-0.2, -0.15) is 0 Å². The summed E-state index contributed by atoms with van der Waals surface area (Å²) in [4.78, 5) is 0. The van der Waals surface area contributed by atoms with Gasteiger partial charge in [0, 0.05) is 0 Å². The molecule has 0 aliphatic heterocycles. The van der Waals surface area contributed by atoms with Crippen LogP contribution in [-0.4, -0.2) is 0 Å². The molecule has 0 bridgehead atoms. The average molecular weight is 493 g/mol. The first-order valence-corrected chi connectivity index (χ1v) is 16.8. The summed E-state index contributed by atoms with van der Waals surface area (Å²) in [6.07, 6.45) is 44.7. The molecule has 0 spiro atoms. The maximum absolute atomic E-state index is 2.63. The van der Waals surface area contributed by atoms with Gasteiger partial charge in [0.05, 0.1) is 0 Å². The molecule has 4 aliphatic rings. The molecule has 0 N–H and O–H groups in total. The van der Waals surface area contributed by atoms with E-state index in [2.05, 4.69) is 50.3 Å². The topological polar surface area (TPSA) is 0 Å². The molecule has 4 rings (SSSR count). The highest BCUT2D eigenvalue weighted by Gasteiger charge is 2.30. The highest BCUT2D eigenvalue weighted by Crippen LogP contribution is 2.43. The first kappa shape index (κ1) is 28.2. The van der Waals surface area contributed by atoms with E-state index in [9.17, 15) is 0 Å². The van der Waals surface area contributed by atoms with Gasteiger partial charge >= 0.3 is 0 Å². The molecule has 0 aromatic rings. The van der Waals surface area contributed by atoms with Gasteiger partial charge in [-0.05, 0) is 124 Å². The van der Waals surface area contributed by atoms with Crippen LogP contribution in [0, 0.1) is 47.3 Å². The first-order chi connectivity index (χ1) is 17.7. The zero-order valence-electron chi connectivity index (χ0n) is 24.2. The van der Waals surface area contributed by atoms with Crippen LogP contribution in [0.5, 0.6) is 0 Å². The van der Waals surface area contributed by atoms with E-state index < -0.39 is 0 Å². The van der Waals surface area contributed by atoms with Gasteiger partial charge in [-0.25, -0.2) is 0 Å². The normalized spacial score (nSPS) is 38.2. The fraction of sp³-hybridized carbons (Fsp3) is 0.833. The molecule has 2 unspecified atom stereocenters. The lowest BCUT2D eigenvalue weighted by Gasteiger charge is -2.37. The van der Waals surface area contributed by atoms with Crippen LogP contribution in [0.15, 0.2) is 36.5 Å². The molecule has 0 amide bonds. The van der Waals surface area contributed by atoms with Crippen LogP contribution < -0.4 is 0 Å². The van der Waals surface area contributed by atoms with Crippen LogP contribution in [0.2, 0.25) is 0 Å². The Morgan fingerprint density at radius 3 is 1.44 bits per heavy atom. The van der Waals surface area contributed by atoms with E-state index in [4.69, 9.17) is 0 Å². The summed E-state index contributed by atoms with van der Waals surface area (Å²) in [6.45, 7) is 4.68. The fourth-order valence-corrected chi connectivity index (χ4v) is 8.30. The maximum atomic E-state index is 2.63. The van der Waals surface area contributed by atoms with Gasteiger partial charge < -0.3 is 0 Å². The molecule has 3 saturated carbocycles. The van der Waals surface area contributed by atoms with Gasteiger partial charge in [0.1, 0.15) is 0 Å². The molecule has 0 heterocycles.